The van der Waals surface area contributed by atoms with Gasteiger partial charge in [-0.15, -0.1) is 0 Å². The standard InChI is InChI=1S/C23H28N4O2/c1-16-11-12-17(2)27(16)22-20(15-24-25(22)3)23(29)26-13-7-10-19(26)14-21(28)18-8-5-4-6-9-18/h4-6,8-9,11-12,15,19,21,28H,7,10,13-14H2,1-3H3/t19-,21+/m0/s1. The fraction of sp³-hybridized carbons (Fsp3) is 0.391. The summed E-state index contributed by atoms with van der Waals surface area (Å²) in [5.41, 5.74) is 3.64. The smallest absolute Gasteiger partial charge is 0.259 e. The van der Waals surface area contributed by atoms with Gasteiger partial charge in [-0.3, -0.25) is 9.48 Å². The topological polar surface area (TPSA) is 63.3 Å². The van der Waals surface area contributed by atoms with Gasteiger partial charge in [-0.05, 0) is 50.8 Å². The first kappa shape index (κ1) is 19.5. The third kappa shape index (κ3) is 3.60. The first-order valence-electron chi connectivity index (χ1n) is 10.2. The van der Waals surface area contributed by atoms with Gasteiger partial charge in [0.1, 0.15) is 11.4 Å². The van der Waals surface area contributed by atoms with Crippen molar-refractivity contribution in [2.24, 2.45) is 7.05 Å². The van der Waals surface area contributed by atoms with Gasteiger partial charge in [-0.2, -0.15) is 5.10 Å². The molecular weight excluding hydrogens is 364 g/mol. The molecule has 1 aromatic carbocycles. The number of aromatic nitrogens is 3. The lowest BCUT2D eigenvalue weighted by Crippen LogP contribution is -2.37. The molecule has 6 heteroatoms. The zero-order chi connectivity index (χ0) is 20.5. The number of amides is 1. The fourth-order valence-corrected chi connectivity index (χ4v) is 4.42. The van der Waals surface area contributed by atoms with Crippen LogP contribution >= 0.6 is 0 Å². The second-order valence-corrected chi connectivity index (χ2v) is 7.91. The Kier molecular flexibility index (Phi) is 5.28. The number of hydrogen-bond donors (Lipinski definition) is 1. The maximum atomic E-state index is 13.5. The highest BCUT2D eigenvalue weighted by atomic mass is 16.3. The van der Waals surface area contributed by atoms with Crippen molar-refractivity contribution in [1.29, 1.82) is 0 Å². The molecule has 29 heavy (non-hydrogen) atoms. The summed E-state index contributed by atoms with van der Waals surface area (Å²) in [6, 6.07) is 13.8. The molecule has 0 unspecified atom stereocenters. The Morgan fingerprint density at radius 1 is 1.17 bits per heavy atom. The first-order valence-corrected chi connectivity index (χ1v) is 10.2. The Hall–Kier alpha value is -2.86. The fourth-order valence-electron chi connectivity index (χ4n) is 4.42. The number of nitrogens with zero attached hydrogens (tertiary/aromatic N) is 4. The maximum Gasteiger partial charge on any atom is 0.259 e. The number of benzene rings is 1. The van der Waals surface area contributed by atoms with Crippen LogP contribution in [-0.2, 0) is 7.05 Å². The summed E-state index contributed by atoms with van der Waals surface area (Å²) >= 11 is 0. The highest BCUT2D eigenvalue weighted by Gasteiger charge is 2.33. The van der Waals surface area contributed by atoms with E-state index in [1.54, 1.807) is 10.9 Å². The summed E-state index contributed by atoms with van der Waals surface area (Å²) in [5.74, 6) is 0.785. The van der Waals surface area contributed by atoms with Crippen molar-refractivity contribution in [3.63, 3.8) is 0 Å². The molecule has 0 bridgehead atoms. The molecular formula is C23H28N4O2. The second kappa shape index (κ2) is 7.87. The van der Waals surface area contributed by atoms with Crippen molar-refractivity contribution in [2.75, 3.05) is 6.54 Å². The number of aryl methyl sites for hydroxylation is 3. The molecule has 0 aliphatic carbocycles. The monoisotopic (exact) mass is 392 g/mol. The van der Waals surface area contributed by atoms with Crippen molar-refractivity contribution in [3.05, 3.63) is 71.2 Å². The van der Waals surface area contributed by atoms with Crippen LogP contribution in [0.5, 0.6) is 0 Å². The molecule has 4 rings (SSSR count). The summed E-state index contributed by atoms with van der Waals surface area (Å²) in [6.45, 7) is 4.77. The van der Waals surface area contributed by atoms with E-state index >= 15 is 0 Å². The number of aliphatic hydroxyl groups excluding tert-OH is 1. The third-order valence-corrected chi connectivity index (χ3v) is 5.94. The Morgan fingerprint density at radius 3 is 2.55 bits per heavy atom. The maximum absolute atomic E-state index is 13.5. The molecule has 0 saturated carbocycles. The van der Waals surface area contributed by atoms with Gasteiger partial charge >= 0.3 is 0 Å². The van der Waals surface area contributed by atoms with Crippen LogP contribution in [0.4, 0.5) is 0 Å². The number of aliphatic hydroxyl groups is 1. The van der Waals surface area contributed by atoms with E-state index in [4.69, 9.17) is 0 Å². The molecule has 3 aromatic rings. The van der Waals surface area contributed by atoms with Gasteiger partial charge in [0.05, 0.1) is 12.3 Å². The minimum atomic E-state index is -0.572. The molecule has 6 nitrogen and oxygen atoms in total. The zero-order valence-corrected chi connectivity index (χ0v) is 17.2. The SMILES string of the molecule is Cc1ccc(C)n1-c1c(C(=O)N2CCC[C@H]2C[C@@H](O)c2ccccc2)cnn1C. The summed E-state index contributed by atoms with van der Waals surface area (Å²) < 4.78 is 3.83. The second-order valence-electron chi connectivity index (χ2n) is 7.91. The van der Waals surface area contributed by atoms with Crippen molar-refractivity contribution in [3.8, 4) is 5.82 Å². The molecule has 152 valence electrons. The molecule has 2 atom stereocenters. The van der Waals surface area contributed by atoms with Gasteiger partial charge < -0.3 is 14.6 Å². The first-order chi connectivity index (χ1) is 14.0. The van der Waals surface area contributed by atoms with E-state index in [2.05, 4.69) is 9.67 Å². The lowest BCUT2D eigenvalue weighted by molar-refractivity contribution is 0.0667. The number of carbonyl (C=O) groups is 1. The van der Waals surface area contributed by atoms with Gasteiger partial charge in [0.15, 0.2) is 0 Å². The molecule has 1 saturated heterocycles. The molecule has 1 aliphatic heterocycles. The van der Waals surface area contributed by atoms with Gasteiger partial charge in [-0.25, -0.2) is 0 Å². The number of rotatable bonds is 5. The molecule has 1 aliphatic rings. The van der Waals surface area contributed by atoms with Gasteiger partial charge in [0.2, 0.25) is 0 Å². The van der Waals surface area contributed by atoms with Gasteiger partial charge in [-0.1, -0.05) is 30.3 Å². The zero-order valence-electron chi connectivity index (χ0n) is 17.2. The minimum Gasteiger partial charge on any atom is -0.388 e. The average Bonchev–Trinajstić information content (AvgIpc) is 3.41. The molecule has 0 radical (unpaired) electrons. The van der Waals surface area contributed by atoms with Gasteiger partial charge in [0, 0.05) is 31.0 Å². The highest BCUT2D eigenvalue weighted by molar-refractivity contribution is 5.97. The average molecular weight is 393 g/mol. The number of hydrogen-bond acceptors (Lipinski definition) is 3. The quantitative estimate of drug-likeness (QED) is 0.722. The summed E-state index contributed by atoms with van der Waals surface area (Å²) in [6.07, 6.45) is 3.51. The molecule has 2 aromatic heterocycles. The molecule has 1 amide bonds. The number of carbonyl (C=O) groups excluding carboxylic acids is 1. The van der Waals surface area contributed by atoms with Crippen LogP contribution in [0, 0.1) is 13.8 Å². The molecule has 3 heterocycles. The van der Waals surface area contributed by atoms with E-state index < -0.39 is 6.10 Å². The van der Waals surface area contributed by atoms with Crippen molar-refractivity contribution in [2.45, 2.75) is 45.3 Å². The van der Waals surface area contributed by atoms with E-state index in [0.29, 0.717) is 18.5 Å². The van der Waals surface area contributed by atoms with E-state index in [1.807, 2.05) is 68.3 Å². The van der Waals surface area contributed by atoms with Crippen molar-refractivity contribution >= 4 is 5.91 Å². The molecule has 0 spiro atoms. The summed E-state index contributed by atoms with van der Waals surface area (Å²) in [7, 11) is 1.87. The van der Waals surface area contributed by atoms with E-state index in [-0.39, 0.29) is 11.9 Å². The third-order valence-electron chi connectivity index (χ3n) is 5.94. The predicted octanol–water partition coefficient (Wildman–Crippen LogP) is 3.56. The van der Waals surface area contributed by atoms with Crippen LogP contribution in [0.3, 0.4) is 0 Å². The van der Waals surface area contributed by atoms with Crippen LogP contribution in [0.1, 0.15) is 52.7 Å². The Labute approximate surface area is 171 Å². The number of likely N-dealkylation sites (tertiary alicyclic amines) is 1. The summed E-state index contributed by atoms with van der Waals surface area (Å²) in [5, 5.41) is 15.1. The van der Waals surface area contributed by atoms with E-state index in [1.165, 1.54) is 0 Å². The van der Waals surface area contributed by atoms with E-state index in [9.17, 15) is 9.90 Å². The highest BCUT2D eigenvalue weighted by Crippen LogP contribution is 2.30. The van der Waals surface area contributed by atoms with Crippen LogP contribution < -0.4 is 0 Å². The lowest BCUT2D eigenvalue weighted by atomic mass is 10.0. The van der Waals surface area contributed by atoms with E-state index in [0.717, 1.165) is 35.6 Å². The molecule has 1 N–H and O–H groups in total. The minimum absolute atomic E-state index is 0.0108. The Balaban J connectivity index is 1.60. The lowest BCUT2D eigenvalue weighted by Gasteiger charge is -2.27. The van der Waals surface area contributed by atoms with Crippen molar-refractivity contribution in [1.82, 2.24) is 19.2 Å². The summed E-state index contributed by atoms with van der Waals surface area (Å²) in [4.78, 5) is 15.4. The Bertz CT molecular complexity index is 986. The predicted molar refractivity (Wildman–Crippen MR) is 112 cm³/mol. The van der Waals surface area contributed by atoms with Gasteiger partial charge in [0.25, 0.3) is 5.91 Å². The van der Waals surface area contributed by atoms with Crippen molar-refractivity contribution < 1.29 is 9.90 Å². The van der Waals surface area contributed by atoms with Crippen LogP contribution in [0.2, 0.25) is 0 Å². The van der Waals surface area contributed by atoms with Crippen LogP contribution in [0.25, 0.3) is 5.82 Å². The molecule has 1 fully saturated rings. The normalized spacial score (nSPS) is 17.7. The van der Waals surface area contributed by atoms with Crippen LogP contribution in [-0.4, -0.2) is 42.8 Å². The van der Waals surface area contributed by atoms with Crippen LogP contribution in [0.15, 0.2) is 48.7 Å². The largest absolute Gasteiger partial charge is 0.388 e. The Morgan fingerprint density at radius 2 is 1.86 bits per heavy atom.